The maximum atomic E-state index is 7.86. The minimum atomic E-state index is 0.579. The Morgan fingerprint density at radius 1 is 1.13 bits per heavy atom. The second kappa shape index (κ2) is 8.18. The first-order valence-electron chi connectivity index (χ1n) is 8.06. The quantitative estimate of drug-likeness (QED) is 0.519. The van der Waals surface area contributed by atoms with Gasteiger partial charge in [0.1, 0.15) is 0 Å². The monoisotopic (exact) mass is 307 g/mol. The number of benzene rings is 2. The van der Waals surface area contributed by atoms with Crippen LogP contribution in [0.3, 0.4) is 0 Å². The second-order valence-electron chi connectivity index (χ2n) is 5.70. The van der Waals surface area contributed by atoms with E-state index in [1.807, 2.05) is 18.2 Å². The Morgan fingerprint density at radius 3 is 2.48 bits per heavy atom. The molecule has 0 unspecified atom stereocenters. The summed E-state index contributed by atoms with van der Waals surface area (Å²) in [5.74, 6) is 0.612. The first-order valence-corrected chi connectivity index (χ1v) is 8.06. The van der Waals surface area contributed by atoms with Crippen molar-refractivity contribution >= 4 is 11.5 Å². The number of unbranched alkanes of at least 4 members (excludes halogenated alkanes) is 1. The van der Waals surface area contributed by atoms with Crippen molar-refractivity contribution in [2.75, 3.05) is 0 Å². The fourth-order valence-electron chi connectivity index (χ4n) is 2.47. The largest absolute Gasteiger partial charge is 0.399 e. The summed E-state index contributed by atoms with van der Waals surface area (Å²) in [6.07, 6.45) is 3.00. The van der Waals surface area contributed by atoms with Gasteiger partial charge in [-0.05, 0) is 23.1 Å². The summed E-state index contributed by atoms with van der Waals surface area (Å²) in [5, 5.41) is 11.0. The van der Waals surface area contributed by atoms with Crippen molar-refractivity contribution in [3.63, 3.8) is 0 Å². The van der Waals surface area contributed by atoms with Gasteiger partial charge in [-0.1, -0.05) is 68.5 Å². The predicted molar refractivity (Wildman–Crippen MR) is 99.2 cm³/mol. The van der Waals surface area contributed by atoms with E-state index in [1.54, 1.807) is 0 Å². The van der Waals surface area contributed by atoms with E-state index in [-0.39, 0.29) is 0 Å². The van der Waals surface area contributed by atoms with Gasteiger partial charge in [-0.2, -0.15) is 0 Å². The van der Waals surface area contributed by atoms with Gasteiger partial charge in [0.2, 0.25) is 0 Å². The number of hydrogen-bond donors (Lipinski definition) is 3. The molecular weight excluding hydrogens is 282 g/mol. The van der Waals surface area contributed by atoms with E-state index < -0.39 is 0 Å². The summed E-state index contributed by atoms with van der Waals surface area (Å²) in [5.41, 5.74) is 10.8. The molecule has 0 heterocycles. The molecule has 0 saturated heterocycles. The molecule has 0 aliphatic carbocycles. The molecule has 2 aromatic carbocycles. The summed E-state index contributed by atoms with van der Waals surface area (Å²) >= 11 is 0. The number of amidine groups is 1. The van der Waals surface area contributed by atoms with Crippen molar-refractivity contribution in [2.24, 2.45) is 5.73 Å². The fraction of sp³-hybridized carbons (Fsp3) is 0.250. The van der Waals surface area contributed by atoms with Crippen LogP contribution in [0, 0.1) is 5.41 Å². The van der Waals surface area contributed by atoms with Crippen LogP contribution in [0.25, 0.3) is 16.8 Å². The van der Waals surface area contributed by atoms with Gasteiger partial charge in [0.25, 0.3) is 0 Å². The van der Waals surface area contributed by atoms with E-state index in [4.69, 9.17) is 11.1 Å². The van der Waals surface area contributed by atoms with Gasteiger partial charge in [-0.25, -0.2) is 0 Å². The first-order chi connectivity index (χ1) is 11.1. The van der Waals surface area contributed by atoms with E-state index >= 15 is 0 Å². The maximum Gasteiger partial charge on any atom is 0.0934 e. The summed E-state index contributed by atoms with van der Waals surface area (Å²) in [4.78, 5) is 0. The molecule has 0 saturated carbocycles. The van der Waals surface area contributed by atoms with Crippen molar-refractivity contribution < 1.29 is 0 Å². The first kappa shape index (κ1) is 16.8. The summed E-state index contributed by atoms with van der Waals surface area (Å²) in [7, 11) is 0. The van der Waals surface area contributed by atoms with Gasteiger partial charge in [-0.15, -0.1) is 0 Å². The topological polar surface area (TPSA) is 61.9 Å². The Bertz CT molecular complexity index is 672. The van der Waals surface area contributed by atoms with Crippen molar-refractivity contribution in [1.82, 2.24) is 5.32 Å². The molecule has 2 rings (SSSR count). The molecular formula is C20H25N3. The second-order valence-corrected chi connectivity index (χ2v) is 5.70. The van der Waals surface area contributed by atoms with Crippen LogP contribution in [-0.2, 0) is 6.54 Å². The standard InChI is InChI=1S/C20H25N3/c1-3-4-9-20(22)23-14-16-10-12-17(13-11-16)19-8-6-5-7-18(19)15(2)21/h5-8,10-13H,2-4,9,14,21H2,1H3,(H2,22,23). The highest BCUT2D eigenvalue weighted by molar-refractivity contribution is 5.80. The molecule has 3 nitrogen and oxygen atoms in total. The van der Waals surface area contributed by atoms with Crippen LogP contribution in [0.15, 0.2) is 55.1 Å². The lowest BCUT2D eigenvalue weighted by atomic mass is 9.97. The minimum Gasteiger partial charge on any atom is -0.399 e. The van der Waals surface area contributed by atoms with Crippen LogP contribution in [0.4, 0.5) is 0 Å². The van der Waals surface area contributed by atoms with E-state index in [1.165, 1.54) is 5.56 Å². The fourth-order valence-corrected chi connectivity index (χ4v) is 2.47. The van der Waals surface area contributed by atoms with E-state index in [2.05, 4.69) is 49.2 Å². The van der Waals surface area contributed by atoms with Crippen LogP contribution in [0.5, 0.6) is 0 Å². The van der Waals surface area contributed by atoms with Gasteiger partial charge in [0, 0.05) is 24.2 Å². The highest BCUT2D eigenvalue weighted by atomic mass is 14.9. The molecule has 0 radical (unpaired) electrons. The van der Waals surface area contributed by atoms with Crippen molar-refractivity contribution in [3.8, 4) is 11.1 Å². The molecule has 0 spiro atoms. The molecule has 0 aliphatic heterocycles. The predicted octanol–water partition coefficient (Wildman–Crippen LogP) is 4.54. The molecule has 0 atom stereocenters. The Kier molecular flexibility index (Phi) is 5.98. The molecule has 0 bridgehead atoms. The van der Waals surface area contributed by atoms with Crippen molar-refractivity contribution in [1.29, 1.82) is 5.41 Å². The average molecular weight is 307 g/mol. The molecule has 120 valence electrons. The lowest BCUT2D eigenvalue weighted by Crippen LogP contribution is -2.21. The molecule has 0 amide bonds. The van der Waals surface area contributed by atoms with Crippen LogP contribution in [0.2, 0.25) is 0 Å². The van der Waals surface area contributed by atoms with Crippen LogP contribution in [-0.4, -0.2) is 5.84 Å². The van der Waals surface area contributed by atoms with Gasteiger partial charge in [0.05, 0.1) is 5.84 Å². The zero-order chi connectivity index (χ0) is 16.7. The smallest absolute Gasteiger partial charge is 0.0934 e. The van der Waals surface area contributed by atoms with E-state index in [0.717, 1.165) is 36.0 Å². The third-order valence-electron chi connectivity index (χ3n) is 3.82. The number of nitrogens with two attached hydrogens (primary N) is 1. The van der Waals surface area contributed by atoms with Gasteiger partial charge >= 0.3 is 0 Å². The van der Waals surface area contributed by atoms with Crippen LogP contribution in [0.1, 0.15) is 37.3 Å². The zero-order valence-corrected chi connectivity index (χ0v) is 13.7. The molecule has 0 fully saturated rings. The molecule has 23 heavy (non-hydrogen) atoms. The van der Waals surface area contributed by atoms with E-state index in [9.17, 15) is 0 Å². The number of hydrogen-bond acceptors (Lipinski definition) is 2. The number of nitrogens with one attached hydrogen (secondary N) is 2. The Hall–Kier alpha value is -2.55. The molecule has 2 aromatic rings. The maximum absolute atomic E-state index is 7.86. The van der Waals surface area contributed by atoms with Crippen molar-refractivity contribution in [3.05, 3.63) is 66.2 Å². The number of rotatable bonds is 7. The van der Waals surface area contributed by atoms with Crippen molar-refractivity contribution in [2.45, 2.75) is 32.7 Å². The minimum absolute atomic E-state index is 0.579. The molecule has 4 N–H and O–H groups in total. The highest BCUT2D eigenvalue weighted by Crippen LogP contribution is 2.26. The normalized spacial score (nSPS) is 10.3. The lowest BCUT2D eigenvalue weighted by Gasteiger charge is -2.11. The van der Waals surface area contributed by atoms with Gasteiger partial charge < -0.3 is 11.1 Å². The third-order valence-corrected chi connectivity index (χ3v) is 3.82. The Labute approximate surface area is 138 Å². The molecule has 0 aliphatic rings. The van der Waals surface area contributed by atoms with Gasteiger partial charge in [0.15, 0.2) is 0 Å². The Morgan fingerprint density at radius 2 is 1.83 bits per heavy atom. The highest BCUT2D eigenvalue weighted by Gasteiger charge is 2.05. The lowest BCUT2D eigenvalue weighted by molar-refractivity contribution is 0.789. The zero-order valence-electron chi connectivity index (χ0n) is 13.7. The van der Waals surface area contributed by atoms with Crippen LogP contribution >= 0.6 is 0 Å². The average Bonchev–Trinajstić information content (AvgIpc) is 2.58. The van der Waals surface area contributed by atoms with Crippen LogP contribution < -0.4 is 11.1 Å². The third kappa shape index (κ3) is 4.71. The Balaban J connectivity index is 2.05. The summed E-state index contributed by atoms with van der Waals surface area (Å²) < 4.78 is 0. The SMILES string of the molecule is C=C(N)c1ccccc1-c1ccc(CNC(=N)CCCC)cc1. The molecule has 0 aromatic heterocycles. The molecule has 3 heteroatoms. The summed E-state index contributed by atoms with van der Waals surface area (Å²) in [6.45, 7) is 6.67. The summed E-state index contributed by atoms with van der Waals surface area (Å²) in [6, 6.07) is 16.4. The van der Waals surface area contributed by atoms with Gasteiger partial charge in [-0.3, -0.25) is 5.41 Å². The van der Waals surface area contributed by atoms with E-state index in [0.29, 0.717) is 18.1 Å².